The number of aliphatic hydroxyl groups is 1. The zero-order valence-corrected chi connectivity index (χ0v) is 8.85. The first kappa shape index (κ1) is 10.0. The molecule has 0 heterocycles. The quantitative estimate of drug-likeness (QED) is 0.641. The molecule has 0 aromatic rings. The topological polar surface area (TPSA) is 20.2 Å². The van der Waals surface area contributed by atoms with Gasteiger partial charge in [-0.15, -0.1) is 0 Å². The molecular weight excluding hydrogens is 148 g/mol. The van der Waals surface area contributed by atoms with E-state index in [1.165, 1.54) is 19.3 Å². The molecular formula is C11H22O. The molecule has 0 bridgehead atoms. The highest BCUT2D eigenvalue weighted by atomic mass is 16.3. The minimum absolute atomic E-state index is 0.193. The number of hydrogen-bond donors (Lipinski definition) is 1. The zero-order chi connectivity index (χ0) is 9.41. The summed E-state index contributed by atoms with van der Waals surface area (Å²) in [6.45, 7) is 9.45. The lowest BCUT2D eigenvalue weighted by Crippen LogP contribution is -2.34. The standard InChI is InChI=1S/C11H22O/c1-10(2,3)9-6-5-7-11(9,4)8-12/h9,12H,5-8H2,1-4H3/t9-,11+/m0/s1. The molecule has 0 spiro atoms. The van der Waals surface area contributed by atoms with Gasteiger partial charge in [0.1, 0.15) is 0 Å². The molecule has 1 fully saturated rings. The van der Waals surface area contributed by atoms with Crippen LogP contribution in [0.1, 0.15) is 47.0 Å². The Labute approximate surface area is 76.2 Å². The van der Waals surface area contributed by atoms with Gasteiger partial charge >= 0.3 is 0 Å². The van der Waals surface area contributed by atoms with Crippen LogP contribution in [-0.4, -0.2) is 11.7 Å². The van der Waals surface area contributed by atoms with E-state index in [-0.39, 0.29) is 5.41 Å². The maximum atomic E-state index is 9.36. The molecule has 1 heteroatoms. The lowest BCUT2D eigenvalue weighted by molar-refractivity contribution is 0.0419. The van der Waals surface area contributed by atoms with Gasteiger partial charge in [-0.1, -0.05) is 34.1 Å². The molecule has 1 rings (SSSR count). The Hall–Kier alpha value is -0.0400. The van der Waals surface area contributed by atoms with Crippen LogP contribution in [0, 0.1) is 16.7 Å². The first-order valence-corrected chi connectivity index (χ1v) is 5.01. The Kier molecular flexibility index (Phi) is 2.53. The van der Waals surface area contributed by atoms with Gasteiger partial charge < -0.3 is 5.11 Å². The van der Waals surface area contributed by atoms with Crippen molar-refractivity contribution in [1.29, 1.82) is 0 Å². The van der Waals surface area contributed by atoms with Gasteiger partial charge in [0.15, 0.2) is 0 Å². The summed E-state index contributed by atoms with van der Waals surface area (Å²) in [6, 6.07) is 0. The lowest BCUT2D eigenvalue weighted by Gasteiger charge is -2.39. The van der Waals surface area contributed by atoms with Crippen LogP contribution in [0.15, 0.2) is 0 Å². The minimum Gasteiger partial charge on any atom is -0.396 e. The molecule has 0 saturated heterocycles. The van der Waals surface area contributed by atoms with Crippen molar-refractivity contribution in [2.45, 2.75) is 47.0 Å². The molecule has 1 nitrogen and oxygen atoms in total. The fourth-order valence-electron chi connectivity index (χ4n) is 2.90. The van der Waals surface area contributed by atoms with Crippen molar-refractivity contribution in [2.75, 3.05) is 6.61 Å². The molecule has 0 aromatic heterocycles. The van der Waals surface area contributed by atoms with Crippen molar-refractivity contribution in [3.8, 4) is 0 Å². The van der Waals surface area contributed by atoms with Crippen molar-refractivity contribution in [3.63, 3.8) is 0 Å². The van der Waals surface area contributed by atoms with E-state index in [1.54, 1.807) is 0 Å². The van der Waals surface area contributed by atoms with E-state index in [4.69, 9.17) is 0 Å². The molecule has 1 aliphatic carbocycles. The molecule has 1 N–H and O–H groups in total. The van der Waals surface area contributed by atoms with Gasteiger partial charge in [0.2, 0.25) is 0 Å². The third kappa shape index (κ3) is 1.66. The van der Waals surface area contributed by atoms with Crippen molar-refractivity contribution >= 4 is 0 Å². The molecule has 12 heavy (non-hydrogen) atoms. The Bertz CT molecular complexity index is 157. The van der Waals surface area contributed by atoms with Gasteiger partial charge in [-0.05, 0) is 29.6 Å². The van der Waals surface area contributed by atoms with Crippen molar-refractivity contribution in [3.05, 3.63) is 0 Å². The summed E-state index contributed by atoms with van der Waals surface area (Å²) in [5.41, 5.74) is 0.548. The second-order valence-electron chi connectivity index (χ2n) is 5.62. The smallest absolute Gasteiger partial charge is 0.0487 e. The number of hydrogen-bond acceptors (Lipinski definition) is 1. The van der Waals surface area contributed by atoms with Crippen LogP contribution < -0.4 is 0 Å². The minimum atomic E-state index is 0.193. The van der Waals surface area contributed by atoms with Crippen LogP contribution in [0.3, 0.4) is 0 Å². The Morgan fingerprint density at radius 3 is 2.33 bits per heavy atom. The Morgan fingerprint density at radius 2 is 2.00 bits per heavy atom. The SMILES string of the molecule is CC(C)(C)[C@@H]1CCC[C@]1(C)CO. The van der Waals surface area contributed by atoms with Crippen molar-refractivity contribution < 1.29 is 5.11 Å². The fourth-order valence-corrected chi connectivity index (χ4v) is 2.90. The normalized spacial score (nSPS) is 37.2. The van der Waals surface area contributed by atoms with E-state index in [0.29, 0.717) is 17.9 Å². The summed E-state index contributed by atoms with van der Waals surface area (Å²) in [4.78, 5) is 0. The molecule has 0 aromatic carbocycles. The van der Waals surface area contributed by atoms with Crippen LogP contribution >= 0.6 is 0 Å². The Balaban J connectivity index is 2.77. The van der Waals surface area contributed by atoms with Gasteiger partial charge in [0, 0.05) is 6.61 Å². The highest BCUT2D eigenvalue weighted by molar-refractivity contribution is 4.93. The average molecular weight is 170 g/mol. The summed E-state index contributed by atoms with van der Waals surface area (Å²) >= 11 is 0. The molecule has 0 radical (unpaired) electrons. The fraction of sp³-hybridized carbons (Fsp3) is 1.00. The van der Waals surface area contributed by atoms with E-state index in [2.05, 4.69) is 27.7 Å². The van der Waals surface area contributed by atoms with E-state index < -0.39 is 0 Å². The van der Waals surface area contributed by atoms with Crippen molar-refractivity contribution in [1.82, 2.24) is 0 Å². The van der Waals surface area contributed by atoms with Crippen molar-refractivity contribution in [2.24, 2.45) is 16.7 Å². The summed E-state index contributed by atoms with van der Waals surface area (Å²) in [7, 11) is 0. The highest BCUT2D eigenvalue weighted by Crippen LogP contribution is 2.51. The van der Waals surface area contributed by atoms with E-state index in [0.717, 1.165) is 0 Å². The summed E-state index contributed by atoms with van der Waals surface area (Å²) < 4.78 is 0. The van der Waals surface area contributed by atoms with Gasteiger partial charge in [0.25, 0.3) is 0 Å². The van der Waals surface area contributed by atoms with Crippen LogP contribution in [0.25, 0.3) is 0 Å². The molecule has 0 amide bonds. The molecule has 1 aliphatic rings. The molecule has 0 unspecified atom stereocenters. The Morgan fingerprint density at radius 1 is 1.42 bits per heavy atom. The lowest BCUT2D eigenvalue weighted by atomic mass is 9.67. The number of aliphatic hydroxyl groups excluding tert-OH is 1. The van der Waals surface area contributed by atoms with Gasteiger partial charge in [-0.25, -0.2) is 0 Å². The number of rotatable bonds is 1. The molecule has 1 saturated carbocycles. The maximum Gasteiger partial charge on any atom is 0.0487 e. The highest BCUT2D eigenvalue weighted by Gasteiger charge is 2.43. The zero-order valence-electron chi connectivity index (χ0n) is 8.85. The largest absolute Gasteiger partial charge is 0.396 e. The van der Waals surface area contributed by atoms with Crippen LogP contribution in [0.2, 0.25) is 0 Å². The van der Waals surface area contributed by atoms with Crippen LogP contribution in [0.5, 0.6) is 0 Å². The predicted octanol–water partition coefficient (Wildman–Crippen LogP) is 2.83. The van der Waals surface area contributed by atoms with E-state index >= 15 is 0 Å². The second-order valence-corrected chi connectivity index (χ2v) is 5.62. The summed E-state index contributed by atoms with van der Waals surface area (Å²) in [5.74, 6) is 0.690. The second kappa shape index (κ2) is 3.02. The third-order valence-corrected chi connectivity index (χ3v) is 3.49. The third-order valence-electron chi connectivity index (χ3n) is 3.49. The monoisotopic (exact) mass is 170 g/mol. The molecule has 72 valence electrons. The first-order chi connectivity index (χ1) is 5.40. The van der Waals surface area contributed by atoms with E-state index in [9.17, 15) is 5.11 Å². The van der Waals surface area contributed by atoms with E-state index in [1.807, 2.05) is 0 Å². The summed E-state index contributed by atoms with van der Waals surface area (Å²) in [6.07, 6.45) is 3.78. The van der Waals surface area contributed by atoms with Gasteiger partial charge in [-0.2, -0.15) is 0 Å². The van der Waals surface area contributed by atoms with Gasteiger partial charge in [0.05, 0.1) is 0 Å². The molecule has 0 aliphatic heterocycles. The maximum absolute atomic E-state index is 9.36. The van der Waals surface area contributed by atoms with Gasteiger partial charge in [-0.3, -0.25) is 0 Å². The summed E-state index contributed by atoms with van der Waals surface area (Å²) in [5, 5.41) is 9.36. The molecule has 2 atom stereocenters. The first-order valence-electron chi connectivity index (χ1n) is 5.01. The van der Waals surface area contributed by atoms with Crippen LogP contribution in [-0.2, 0) is 0 Å². The van der Waals surface area contributed by atoms with Crippen LogP contribution in [0.4, 0.5) is 0 Å². The average Bonchev–Trinajstić information content (AvgIpc) is 2.31. The predicted molar refractivity (Wildman–Crippen MR) is 52.0 cm³/mol.